The first kappa shape index (κ1) is 15.3. The average molecular weight is 355 g/mol. The van der Waals surface area contributed by atoms with Crippen LogP contribution >= 0.6 is 27.3 Å². The summed E-state index contributed by atoms with van der Waals surface area (Å²) in [5.74, 6) is 0.406. The number of nitrogens with zero attached hydrogens (tertiary/aromatic N) is 1. The van der Waals surface area contributed by atoms with E-state index < -0.39 is 0 Å². The summed E-state index contributed by atoms with van der Waals surface area (Å²) >= 11 is 4.96. The topological polar surface area (TPSA) is 46.3 Å². The van der Waals surface area contributed by atoms with E-state index in [-0.39, 0.29) is 11.9 Å². The van der Waals surface area contributed by atoms with Gasteiger partial charge in [0.15, 0.2) is 0 Å². The van der Waals surface area contributed by atoms with Crippen molar-refractivity contribution in [2.24, 2.45) is 5.92 Å². The van der Waals surface area contributed by atoms with Crippen LogP contribution in [-0.2, 0) is 0 Å². The zero-order valence-corrected chi connectivity index (χ0v) is 14.5. The number of rotatable bonds is 3. The van der Waals surface area contributed by atoms with Gasteiger partial charge in [0, 0.05) is 27.6 Å². The molecule has 20 heavy (non-hydrogen) atoms. The number of thiophene rings is 1. The fourth-order valence-electron chi connectivity index (χ4n) is 2.08. The second-order valence-corrected chi connectivity index (χ2v) is 7.27. The molecule has 2 N–H and O–H groups in total. The Balaban J connectivity index is 2.46. The standard InChI is InChI=1S/C15H19BrN2OS/c1-8(2)9(3)18(4)15(19)14-13(17)12-10(16)6-5-7-11(12)20-14/h5-9H,17H2,1-4H3. The molecule has 5 heteroatoms. The number of nitrogens with two attached hydrogens (primary N) is 1. The van der Waals surface area contributed by atoms with Crippen LogP contribution in [0.3, 0.4) is 0 Å². The molecule has 2 rings (SSSR count). The van der Waals surface area contributed by atoms with Gasteiger partial charge in [-0.15, -0.1) is 11.3 Å². The zero-order chi connectivity index (χ0) is 15.0. The lowest BCUT2D eigenvalue weighted by molar-refractivity contribution is 0.0713. The predicted octanol–water partition coefficient (Wildman–Crippen LogP) is 4.36. The summed E-state index contributed by atoms with van der Waals surface area (Å²) in [7, 11) is 1.84. The zero-order valence-electron chi connectivity index (χ0n) is 12.1. The Labute approximate surface area is 131 Å². The maximum Gasteiger partial charge on any atom is 0.266 e. The molecule has 0 saturated heterocycles. The average Bonchev–Trinajstić information content (AvgIpc) is 2.74. The molecular formula is C15H19BrN2OS. The van der Waals surface area contributed by atoms with Crippen molar-refractivity contribution in [2.75, 3.05) is 12.8 Å². The first-order valence-electron chi connectivity index (χ1n) is 6.58. The van der Waals surface area contributed by atoms with Gasteiger partial charge in [-0.2, -0.15) is 0 Å². The van der Waals surface area contributed by atoms with Crippen molar-refractivity contribution in [2.45, 2.75) is 26.8 Å². The van der Waals surface area contributed by atoms with E-state index in [0.717, 1.165) is 14.6 Å². The number of benzene rings is 1. The summed E-state index contributed by atoms with van der Waals surface area (Å²) in [4.78, 5) is 15.0. The number of nitrogen functional groups attached to an aromatic ring is 1. The normalized spacial score (nSPS) is 12.9. The Morgan fingerprint density at radius 3 is 2.55 bits per heavy atom. The van der Waals surface area contributed by atoms with Gasteiger partial charge < -0.3 is 10.6 Å². The van der Waals surface area contributed by atoms with Gasteiger partial charge in [-0.3, -0.25) is 4.79 Å². The van der Waals surface area contributed by atoms with Crippen molar-refractivity contribution in [3.8, 4) is 0 Å². The highest BCUT2D eigenvalue weighted by molar-refractivity contribution is 9.10. The summed E-state index contributed by atoms with van der Waals surface area (Å²) in [6.45, 7) is 6.28. The molecule has 0 spiro atoms. The number of fused-ring (bicyclic) bond motifs is 1. The van der Waals surface area contributed by atoms with E-state index in [4.69, 9.17) is 5.73 Å². The van der Waals surface area contributed by atoms with E-state index in [1.807, 2.05) is 25.2 Å². The Kier molecular flexibility index (Phi) is 4.39. The SMILES string of the molecule is CC(C)C(C)N(C)C(=O)c1sc2cccc(Br)c2c1N. The third-order valence-electron chi connectivity index (χ3n) is 3.79. The lowest BCUT2D eigenvalue weighted by atomic mass is 10.1. The first-order valence-corrected chi connectivity index (χ1v) is 8.19. The fourth-order valence-corrected chi connectivity index (χ4v) is 3.92. The molecule has 0 aliphatic heterocycles. The van der Waals surface area contributed by atoms with Crippen molar-refractivity contribution in [3.05, 3.63) is 27.5 Å². The summed E-state index contributed by atoms with van der Waals surface area (Å²) in [5.41, 5.74) is 6.76. The Hall–Kier alpha value is -1.07. The van der Waals surface area contributed by atoms with Gasteiger partial charge >= 0.3 is 0 Å². The first-order chi connectivity index (χ1) is 9.34. The maximum atomic E-state index is 12.6. The van der Waals surface area contributed by atoms with E-state index >= 15 is 0 Å². The molecule has 0 aliphatic carbocycles. The van der Waals surface area contributed by atoms with Gasteiger partial charge in [0.2, 0.25) is 0 Å². The van der Waals surface area contributed by atoms with Gasteiger partial charge in [0.05, 0.1) is 5.69 Å². The van der Waals surface area contributed by atoms with Crippen LogP contribution in [0.1, 0.15) is 30.4 Å². The highest BCUT2D eigenvalue weighted by Gasteiger charge is 2.24. The van der Waals surface area contributed by atoms with E-state index in [9.17, 15) is 4.79 Å². The predicted molar refractivity (Wildman–Crippen MR) is 90.3 cm³/mol. The summed E-state index contributed by atoms with van der Waals surface area (Å²) < 4.78 is 1.97. The monoisotopic (exact) mass is 354 g/mol. The smallest absolute Gasteiger partial charge is 0.266 e. The fraction of sp³-hybridized carbons (Fsp3) is 0.400. The molecule has 1 unspecified atom stereocenters. The molecule has 3 nitrogen and oxygen atoms in total. The summed E-state index contributed by atoms with van der Waals surface area (Å²) in [6.07, 6.45) is 0. The van der Waals surface area contributed by atoms with Crippen LogP contribution in [0.2, 0.25) is 0 Å². The van der Waals surface area contributed by atoms with Crippen LogP contribution in [-0.4, -0.2) is 23.9 Å². The molecule has 0 saturated carbocycles. The number of amides is 1. The second-order valence-electron chi connectivity index (χ2n) is 5.36. The van der Waals surface area contributed by atoms with Crippen molar-refractivity contribution in [1.29, 1.82) is 0 Å². The van der Waals surface area contributed by atoms with Crippen molar-refractivity contribution in [1.82, 2.24) is 4.90 Å². The minimum atomic E-state index is -0.00296. The van der Waals surface area contributed by atoms with E-state index in [1.54, 1.807) is 4.90 Å². The molecule has 1 aromatic carbocycles. The van der Waals surface area contributed by atoms with Gasteiger partial charge in [-0.25, -0.2) is 0 Å². The van der Waals surface area contributed by atoms with Gasteiger partial charge in [0.25, 0.3) is 5.91 Å². The van der Waals surface area contributed by atoms with Crippen molar-refractivity contribution in [3.63, 3.8) is 0 Å². The molecule has 0 aliphatic rings. The molecule has 2 aromatic rings. The number of halogens is 1. The third-order valence-corrected chi connectivity index (χ3v) is 5.61. The highest BCUT2D eigenvalue weighted by Crippen LogP contribution is 2.38. The summed E-state index contributed by atoms with van der Waals surface area (Å²) in [6, 6.07) is 6.07. The van der Waals surface area contributed by atoms with Crippen LogP contribution in [0, 0.1) is 5.92 Å². The Morgan fingerprint density at radius 1 is 1.35 bits per heavy atom. The summed E-state index contributed by atoms with van der Waals surface area (Å²) in [5, 5.41) is 0.937. The van der Waals surface area contributed by atoms with E-state index in [2.05, 4.69) is 36.7 Å². The number of anilines is 1. The maximum absolute atomic E-state index is 12.6. The molecule has 0 fully saturated rings. The lowest BCUT2D eigenvalue weighted by Crippen LogP contribution is -2.38. The van der Waals surface area contributed by atoms with Crippen LogP contribution in [0.15, 0.2) is 22.7 Å². The minimum Gasteiger partial charge on any atom is -0.397 e. The second kappa shape index (κ2) is 5.74. The molecule has 1 aromatic heterocycles. The number of hydrogen-bond donors (Lipinski definition) is 1. The van der Waals surface area contributed by atoms with E-state index in [0.29, 0.717) is 16.5 Å². The molecule has 1 atom stereocenters. The van der Waals surface area contributed by atoms with Gasteiger partial charge in [-0.1, -0.05) is 35.8 Å². The molecular weight excluding hydrogens is 336 g/mol. The molecule has 1 heterocycles. The third kappa shape index (κ3) is 2.56. The van der Waals surface area contributed by atoms with Crippen LogP contribution in [0.4, 0.5) is 5.69 Å². The van der Waals surface area contributed by atoms with E-state index in [1.165, 1.54) is 11.3 Å². The molecule has 0 radical (unpaired) electrons. The van der Waals surface area contributed by atoms with Gasteiger partial charge in [0.1, 0.15) is 4.88 Å². The minimum absolute atomic E-state index is 0.00296. The Bertz CT molecular complexity index is 651. The van der Waals surface area contributed by atoms with Gasteiger partial charge in [-0.05, 0) is 25.0 Å². The molecule has 108 valence electrons. The largest absolute Gasteiger partial charge is 0.397 e. The lowest BCUT2D eigenvalue weighted by Gasteiger charge is -2.27. The van der Waals surface area contributed by atoms with Crippen LogP contribution in [0.5, 0.6) is 0 Å². The quantitative estimate of drug-likeness (QED) is 0.889. The number of carbonyl (C=O) groups is 1. The van der Waals surface area contributed by atoms with Crippen LogP contribution in [0.25, 0.3) is 10.1 Å². The number of hydrogen-bond acceptors (Lipinski definition) is 3. The number of carbonyl (C=O) groups excluding carboxylic acids is 1. The van der Waals surface area contributed by atoms with Crippen molar-refractivity contribution < 1.29 is 4.79 Å². The Morgan fingerprint density at radius 2 is 2.00 bits per heavy atom. The molecule has 0 bridgehead atoms. The van der Waals surface area contributed by atoms with Crippen LogP contribution < -0.4 is 5.73 Å². The molecule has 1 amide bonds. The highest BCUT2D eigenvalue weighted by atomic mass is 79.9. The van der Waals surface area contributed by atoms with Crippen molar-refractivity contribution >= 4 is 48.9 Å².